The number of para-hydroxylation sites is 1. The third-order valence-electron chi connectivity index (χ3n) is 2.50. The Kier molecular flexibility index (Phi) is 5.82. The molecule has 0 aliphatic heterocycles. The van der Waals surface area contributed by atoms with Crippen LogP contribution in [0.2, 0.25) is 0 Å². The van der Waals surface area contributed by atoms with E-state index in [0.29, 0.717) is 13.0 Å². The highest BCUT2D eigenvalue weighted by Crippen LogP contribution is 2.22. The third kappa shape index (κ3) is 5.78. The molecule has 21 heavy (non-hydrogen) atoms. The maximum Gasteiger partial charge on any atom is 0.289 e. The van der Waals surface area contributed by atoms with E-state index >= 15 is 0 Å². The predicted molar refractivity (Wildman–Crippen MR) is 78.6 cm³/mol. The van der Waals surface area contributed by atoms with Crippen molar-refractivity contribution in [3.8, 4) is 0 Å². The van der Waals surface area contributed by atoms with Gasteiger partial charge in [-0.15, -0.1) is 0 Å². The highest BCUT2D eigenvalue weighted by molar-refractivity contribution is 7.89. The van der Waals surface area contributed by atoms with Gasteiger partial charge in [0.25, 0.3) is 5.69 Å². The van der Waals surface area contributed by atoms with E-state index in [4.69, 9.17) is 4.74 Å². The number of hydrogen-bond donors (Lipinski definition) is 1. The first-order valence-corrected chi connectivity index (χ1v) is 7.99. The van der Waals surface area contributed by atoms with E-state index in [0.717, 1.165) is 6.07 Å². The van der Waals surface area contributed by atoms with Gasteiger partial charge in [-0.05, 0) is 33.3 Å². The Morgan fingerprint density at radius 2 is 1.90 bits per heavy atom. The van der Waals surface area contributed by atoms with Crippen LogP contribution in [-0.4, -0.2) is 32.1 Å². The number of rotatable bonds is 7. The summed E-state index contributed by atoms with van der Waals surface area (Å²) in [6, 6.07) is 5.25. The second-order valence-corrected chi connectivity index (χ2v) is 7.17. The van der Waals surface area contributed by atoms with Gasteiger partial charge < -0.3 is 4.74 Å². The summed E-state index contributed by atoms with van der Waals surface area (Å²) in [5.41, 5.74) is -0.715. The molecule has 1 aromatic rings. The minimum absolute atomic E-state index is 0.157. The fraction of sp³-hybridized carbons (Fsp3) is 0.538. The number of nitrogens with zero attached hydrogens (tertiary/aromatic N) is 1. The van der Waals surface area contributed by atoms with Crippen LogP contribution in [0.1, 0.15) is 27.2 Å². The zero-order valence-electron chi connectivity index (χ0n) is 12.3. The summed E-state index contributed by atoms with van der Waals surface area (Å²) >= 11 is 0. The van der Waals surface area contributed by atoms with Crippen molar-refractivity contribution in [3.05, 3.63) is 34.4 Å². The molecule has 0 amide bonds. The van der Waals surface area contributed by atoms with Crippen LogP contribution in [0.3, 0.4) is 0 Å². The molecule has 0 bridgehead atoms. The molecule has 0 aliphatic carbocycles. The Morgan fingerprint density at radius 3 is 2.48 bits per heavy atom. The lowest BCUT2D eigenvalue weighted by atomic mass is 10.2. The van der Waals surface area contributed by atoms with E-state index in [-0.39, 0.29) is 17.0 Å². The zero-order valence-corrected chi connectivity index (χ0v) is 13.1. The lowest BCUT2D eigenvalue weighted by Gasteiger charge is -2.19. The van der Waals surface area contributed by atoms with Crippen molar-refractivity contribution < 1.29 is 18.1 Å². The van der Waals surface area contributed by atoms with Crippen molar-refractivity contribution in [2.24, 2.45) is 0 Å². The van der Waals surface area contributed by atoms with Crippen molar-refractivity contribution in [1.29, 1.82) is 0 Å². The van der Waals surface area contributed by atoms with E-state index in [1.165, 1.54) is 18.2 Å². The van der Waals surface area contributed by atoms with Gasteiger partial charge in [-0.3, -0.25) is 10.1 Å². The largest absolute Gasteiger partial charge is 0.376 e. The van der Waals surface area contributed by atoms with Gasteiger partial charge in [0.05, 0.1) is 10.5 Å². The van der Waals surface area contributed by atoms with Gasteiger partial charge >= 0.3 is 0 Å². The van der Waals surface area contributed by atoms with E-state index in [9.17, 15) is 18.5 Å². The van der Waals surface area contributed by atoms with Crippen molar-refractivity contribution in [2.75, 3.05) is 13.2 Å². The second kappa shape index (κ2) is 6.97. The first kappa shape index (κ1) is 17.5. The Labute approximate surface area is 124 Å². The van der Waals surface area contributed by atoms with Crippen LogP contribution < -0.4 is 4.72 Å². The van der Waals surface area contributed by atoms with Gasteiger partial charge in [-0.2, -0.15) is 0 Å². The molecule has 0 atom stereocenters. The summed E-state index contributed by atoms with van der Waals surface area (Å²) in [4.78, 5) is 9.81. The van der Waals surface area contributed by atoms with Crippen molar-refractivity contribution in [2.45, 2.75) is 37.7 Å². The fourth-order valence-electron chi connectivity index (χ4n) is 1.57. The molecule has 0 saturated carbocycles. The molecule has 1 N–H and O–H groups in total. The van der Waals surface area contributed by atoms with E-state index in [1.807, 2.05) is 20.8 Å². The molecule has 0 aliphatic rings. The lowest BCUT2D eigenvalue weighted by Crippen LogP contribution is -2.27. The van der Waals surface area contributed by atoms with Crippen LogP contribution in [0.4, 0.5) is 5.69 Å². The molecule has 0 fully saturated rings. The monoisotopic (exact) mass is 316 g/mol. The molecular weight excluding hydrogens is 296 g/mol. The Balaban J connectivity index is 2.65. The van der Waals surface area contributed by atoms with Gasteiger partial charge in [0, 0.05) is 19.2 Å². The molecule has 0 heterocycles. The zero-order chi connectivity index (χ0) is 16.1. The standard InChI is InChI=1S/C13H20N2O5S/c1-13(2,3)20-10-6-9-14-21(18,19)12-8-5-4-7-11(12)15(16)17/h4-5,7-8,14H,6,9-10H2,1-3H3. The number of nitrogens with one attached hydrogen (secondary N) is 1. The predicted octanol–water partition coefficient (Wildman–Crippen LogP) is 2.08. The van der Waals surface area contributed by atoms with Gasteiger partial charge in [0.2, 0.25) is 10.0 Å². The number of benzene rings is 1. The molecule has 0 radical (unpaired) electrons. The summed E-state index contributed by atoms with van der Waals surface area (Å²) in [6.45, 7) is 6.28. The van der Waals surface area contributed by atoms with E-state index < -0.39 is 20.6 Å². The fourth-order valence-corrected chi connectivity index (χ4v) is 2.81. The Bertz CT molecular complexity index is 593. The molecular formula is C13H20N2O5S. The van der Waals surface area contributed by atoms with Gasteiger partial charge in [0.15, 0.2) is 4.90 Å². The summed E-state index contributed by atoms with van der Waals surface area (Å²) < 4.78 is 31.9. The van der Waals surface area contributed by atoms with Crippen LogP contribution in [-0.2, 0) is 14.8 Å². The lowest BCUT2D eigenvalue weighted by molar-refractivity contribution is -0.387. The molecule has 0 saturated heterocycles. The number of nitro groups is 1. The quantitative estimate of drug-likeness (QED) is 0.472. The summed E-state index contributed by atoms with van der Waals surface area (Å²) in [6.07, 6.45) is 0.483. The van der Waals surface area contributed by atoms with E-state index in [2.05, 4.69) is 4.72 Å². The normalized spacial score (nSPS) is 12.3. The van der Waals surface area contributed by atoms with Crippen molar-refractivity contribution in [3.63, 3.8) is 0 Å². The van der Waals surface area contributed by atoms with Crippen LogP contribution in [0.25, 0.3) is 0 Å². The van der Waals surface area contributed by atoms with E-state index in [1.54, 1.807) is 0 Å². The first-order chi connectivity index (χ1) is 9.63. The van der Waals surface area contributed by atoms with Crippen molar-refractivity contribution in [1.82, 2.24) is 4.72 Å². The van der Waals surface area contributed by atoms with Crippen LogP contribution in [0.5, 0.6) is 0 Å². The molecule has 0 aromatic heterocycles. The number of sulfonamides is 1. The Morgan fingerprint density at radius 1 is 1.29 bits per heavy atom. The SMILES string of the molecule is CC(C)(C)OCCCNS(=O)(=O)c1ccccc1[N+](=O)[O-]. The maximum atomic E-state index is 12.1. The van der Waals surface area contributed by atoms with Crippen molar-refractivity contribution >= 4 is 15.7 Å². The van der Waals surface area contributed by atoms with Gasteiger partial charge in [0.1, 0.15) is 0 Å². The second-order valence-electron chi connectivity index (χ2n) is 5.44. The topological polar surface area (TPSA) is 98.5 Å². The number of nitro benzene ring substituents is 1. The molecule has 0 spiro atoms. The van der Waals surface area contributed by atoms with Crippen LogP contribution in [0, 0.1) is 10.1 Å². The summed E-state index contributed by atoms with van der Waals surface area (Å²) in [5.74, 6) is 0. The molecule has 7 nitrogen and oxygen atoms in total. The maximum absolute atomic E-state index is 12.1. The third-order valence-corrected chi connectivity index (χ3v) is 4.01. The highest BCUT2D eigenvalue weighted by Gasteiger charge is 2.24. The highest BCUT2D eigenvalue weighted by atomic mass is 32.2. The Hall–Kier alpha value is -1.51. The summed E-state index contributed by atoms with van der Waals surface area (Å²) in [5, 5.41) is 10.8. The minimum Gasteiger partial charge on any atom is -0.376 e. The summed E-state index contributed by atoms with van der Waals surface area (Å²) in [7, 11) is -3.90. The number of hydrogen-bond acceptors (Lipinski definition) is 5. The smallest absolute Gasteiger partial charge is 0.289 e. The average molecular weight is 316 g/mol. The average Bonchev–Trinajstić information content (AvgIpc) is 2.36. The molecule has 8 heteroatoms. The first-order valence-electron chi connectivity index (χ1n) is 6.50. The molecule has 1 aromatic carbocycles. The molecule has 118 valence electrons. The van der Waals surface area contributed by atoms with Crippen LogP contribution in [0.15, 0.2) is 29.2 Å². The molecule has 1 rings (SSSR count). The minimum atomic E-state index is -3.90. The van der Waals surface area contributed by atoms with Crippen LogP contribution >= 0.6 is 0 Å². The van der Waals surface area contributed by atoms with Gasteiger partial charge in [-0.25, -0.2) is 13.1 Å². The number of ether oxygens (including phenoxy) is 1. The molecule has 0 unspecified atom stereocenters. The van der Waals surface area contributed by atoms with Gasteiger partial charge in [-0.1, -0.05) is 12.1 Å².